The molecule has 0 spiro atoms. The first-order valence-electron chi connectivity index (χ1n) is 7.69. The molecule has 0 saturated heterocycles. The minimum Gasteiger partial charge on any atom is -0.493 e. The van der Waals surface area contributed by atoms with Crippen LogP contribution in [0.2, 0.25) is 0 Å². The molecule has 118 valence electrons. The van der Waals surface area contributed by atoms with Crippen molar-refractivity contribution in [1.82, 2.24) is 5.32 Å². The Kier molecular flexibility index (Phi) is 7.23. The Bertz CT molecular complexity index is 446. The van der Waals surface area contributed by atoms with Gasteiger partial charge in [0.15, 0.2) is 0 Å². The standard InChI is InChI=1S/C17H28N2O2/c1-5-13(4)16(18)17(20)19-10-14-8-6-7-9-15(14)21-11-12(2)3/h6-9,12-13,16H,5,10-11,18H2,1-4H3,(H,19,20). The van der Waals surface area contributed by atoms with E-state index >= 15 is 0 Å². The third-order valence-electron chi connectivity index (χ3n) is 3.56. The van der Waals surface area contributed by atoms with Gasteiger partial charge in [0.05, 0.1) is 12.6 Å². The lowest BCUT2D eigenvalue weighted by atomic mass is 9.99. The molecule has 1 aromatic carbocycles. The van der Waals surface area contributed by atoms with Gasteiger partial charge in [-0.2, -0.15) is 0 Å². The summed E-state index contributed by atoms with van der Waals surface area (Å²) in [6, 6.07) is 7.31. The third kappa shape index (κ3) is 5.76. The van der Waals surface area contributed by atoms with Gasteiger partial charge in [-0.3, -0.25) is 4.79 Å². The van der Waals surface area contributed by atoms with Crippen molar-refractivity contribution in [2.24, 2.45) is 17.6 Å². The van der Waals surface area contributed by atoms with Crippen molar-refractivity contribution < 1.29 is 9.53 Å². The fraction of sp³-hybridized carbons (Fsp3) is 0.588. The number of nitrogens with two attached hydrogens (primary N) is 1. The second-order valence-corrected chi connectivity index (χ2v) is 5.94. The summed E-state index contributed by atoms with van der Waals surface area (Å²) in [6.07, 6.45) is 0.892. The van der Waals surface area contributed by atoms with Crippen molar-refractivity contribution in [2.75, 3.05) is 6.61 Å². The van der Waals surface area contributed by atoms with Gasteiger partial charge in [0.2, 0.25) is 5.91 Å². The van der Waals surface area contributed by atoms with Gasteiger partial charge in [-0.1, -0.05) is 52.3 Å². The van der Waals surface area contributed by atoms with E-state index in [0.717, 1.165) is 17.7 Å². The Morgan fingerprint density at radius 2 is 1.95 bits per heavy atom. The van der Waals surface area contributed by atoms with E-state index in [-0.39, 0.29) is 11.8 Å². The van der Waals surface area contributed by atoms with Gasteiger partial charge in [-0.05, 0) is 17.9 Å². The van der Waals surface area contributed by atoms with E-state index in [9.17, 15) is 4.79 Å². The molecule has 2 unspecified atom stereocenters. The molecule has 1 amide bonds. The molecule has 1 aromatic rings. The average molecular weight is 292 g/mol. The van der Waals surface area contributed by atoms with Crippen LogP contribution in [0.5, 0.6) is 5.75 Å². The minimum absolute atomic E-state index is 0.108. The zero-order chi connectivity index (χ0) is 15.8. The first kappa shape index (κ1) is 17.5. The summed E-state index contributed by atoms with van der Waals surface area (Å²) in [5.41, 5.74) is 6.90. The molecule has 21 heavy (non-hydrogen) atoms. The maximum atomic E-state index is 12.0. The Balaban J connectivity index is 2.60. The predicted molar refractivity (Wildman–Crippen MR) is 86.1 cm³/mol. The zero-order valence-electron chi connectivity index (χ0n) is 13.6. The lowest BCUT2D eigenvalue weighted by Gasteiger charge is -2.18. The summed E-state index contributed by atoms with van der Waals surface area (Å²) < 4.78 is 5.78. The highest BCUT2D eigenvalue weighted by molar-refractivity contribution is 5.81. The minimum atomic E-state index is -0.459. The quantitative estimate of drug-likeness (QED) is 0.774. The molecule has 4 nitrogen and oxygen atoms in total. The van der Waals surface area contributed by atoms with E-state index in [4.69, 9.17) is 10.5 Å². The Labute approximate surface area is 128 Å². The molecular weight excluding hydrogens is 264 g/mol. The van der Waals surface area contributed by atoms with E-state index in [0.29, 0.717) is 19.1 Å². The van der Waals surface area contributed by atoms with Gasteiger partial charge in [-0.15, -0.1) is 0 Å². The van der Waals surface area contributed by atoms with Crippen LogP contribution in [0.4, 0.5) is 0 Å². The Morgan fingerprint density at radius 3 is 2.57 bits per heavy atom. The molecule has 0 saturated carbocycles. The molecule has 0 fully saturated rings. The third-order valence-corrected chi connectivity index (χ3v) is 3.56. The first-order valence-corrected chi connectivity index (χ1v) is 7.69. The normalized spacial score (nSPS) is 13.8. The smallest absolute Gasteiger partial charge is 0.237 e. The van der Waals surface area contributed by atoms with Crippen LogP contribution >= 0.6 is 0 Å². The van der Waals surface area contributed by atoms with E-state index in [1.807, 2.05) is 38.1 Å². The maximum Gasteiger partial charge on any atom is 0.237 e. The van der Waals surface area contributed by atoms with Gasteiger partial charge in [0, 0.05) is 12.1 Å². The molecule has 3 N–H and O–H groups in total. The Morgan fingerprint density at radius 1 is 1.29 bits per heavy atom. The lowest BCUT2D eigenvalue weighted by Crippen LogP contribution is -2.44. The van der Waals surface area contributed by atoms with Crippen LogP contribution in [0, 0.1) is 11.8 Å². The van der Waals surface area contributed by atoms with Crippen LogP contribution in [0.1, 0.15) is 39.7 Å². The fourth-order valence-corrected chi connectivity index (χ4v) is 1.86. The molecule has 0 aliphatic heterocycles. The van der Waals surface area contributed by atoms with Gasteiger partial charge in [0.1, 0.15) is 5.75 Å². The maximum absolute atomic E-state index is 12.0. The summed E-state index contributed by atoms with van der Waals surface area (Å²) in [5.74, 6) is 1.36. The van der Waals surface area contributed by atoms with Crippen LogP contribution in [0.25, 0.3) is 0 Å². The monoisotopic (exact) mass is 292 g/mol. The zero-order valence-corrected chi connectivity index (χ0v) is 13.6. The second kappa shape index (κ2) is 8.67. The number of amides is 1. The molecular formula is C17H28N2O2. The van der Waals surface area contributed by atoms with Crippen molar-refractivity contribution in [3.8, 4) is 5.75 Å². The van der Waals surface area contributed by atoms with Crippen LogP contribution in [0.15, 0.2) is 24.3 Å². The number of rotatable bonds is 8. The van der Waals surface area contributed by atoms with Crippen LogP contribution in [-0.4, -0.2) is 18.6 Å². The number of carbonyl (C=O) groups is 1. The van der Waals surface area contributed by atoms with Gasteiger partial charge in [-0.25, -0.2) is 0 Å². The molecule has 0 radical (unpaired) electrons. The largest absolute Gasteiger partial charge is 0.493 e. The highest BCUT2D eigenvalue weighted by Crippen LogP contribution is 2.18. The summed E-state index contributed by atoms with van der Waals surface area (Å²) in [5, 5.41) is 2.90. The number of hydrogen-bond donors (Lipinski definition) is 2. The van der Waals surface area contributed by atoms with Crippen molar-refractivity contribution in [1.29, 1.82) is 0 Å². The lowest BCUT2D eigenvalue weighted by molar-refractivity contribution is -0.123. The van der Waals surface area contributed by atoms with E-state index in [2.05, 4.69) is 19.2 Å². The highest BCUT2D eigenvalue weighted by atomic mass is 16.5. The molecule has 4 heteroatoms. The van der Waals surface area contributed by atoms with E-state index in [1.165, 1.54) is 0 Å². The fourth-order valence-electron chi connectivity index (χ4n) is 1.86. The number of hydrogen-bond acceptors (Lipinski definition) is 3. The van der Waals surface area contributed by atoms with Crippen molar-refractivity contribution in [3.63, 3.8) is 0 Å². The van der Waals surface area contributed by atoms with Gasteiger partial charge >= 0.3 is 0 Å². The highest BCUT2D eigenvalue weighted by Gasteiger charge is 2.19. The first-order chi connectivity index (χ1) is 9.95. The van der Waals surface area contributed by atoms with Gasteiger partial charge < -0.3 is 15.8 Å². The summed E-state index contributed by atoms with van der Waals surface area (Å²) in [7, 11) is 0. The number of nitrogens with one attached hydrogen (secondary N) is 1. The molecule has 0 aliphatic rings. The molecule has 0 heterocycles. The number of para-hydroxylation sites is 1. The predicted octanol–water partition coefficient (Wildman–Crippen LogP) is 2.71. The SMILES string of the molecule is CCC(C)C(N)C(=O)NCc1ccccc1OCC(C)C. The second-order valence-electron chi connectivity index (χ2n) is 5.94. The summed E-state index contributed by atoms with van der Waals surface area (Å²) in [6.45, 7) is 9.34. The molecule has 0 bridgehead atoms. The van der Waals surface area contributed by atoms with Crippen molar-refractivity contribution in [3.05, 3.63) is 29.8 Å². The molecule has 1 rings (SSSR count). The van der Waals surface area contributed by atoms with Crippen molar-refractivity contribution >= 4 is 5.91 Å². The number of ether oxygens (including phenoxy) is 1. The van der Waals surface area contributed by atoms with Crippen LogP contribution < -0.4 is 15.8 Å². The summed E-state index contributed by atoms with van der Waals surface area (Å²) in [4.78, 5) is 12.0. The number of benzene rings is 1. The summed E-state index contributed by atoms with van der Waals surface area (Å²) >= 11 is 0. The molecule has 0 aromatic heterocycles. The van der Waals surface area contributed by atoms with Gasteiger partial charge in [0.25, 0.3) is 0 Å². The average Bonchev–Trinajstić information content (AvgIpc) is 2.49. The van der Waals surface area contributed by atoms with Crippen LogP contribution in [-0.2, 0) is 11.3 Å². The topological polar surface area (TPSA) is 64.4 Å². The Hall–Kier alpha value is -1.55. The molecule has 0 aliphatic carbocycles. The van der Waals surface area contributed by atoms with E-state index in [1.54, 1.807) is 0 Å². The van der Waals surface area contributed by atoms with E-state index < -0.39 is 6.04 Å². The molecule has 2 atom stereocenters. The number of carbonyl (C=O) groups excluding carboxylic acids is 1. The van der Waals surface area contributed by atoms with Crippen LogP contribution in [0.3, 0.4) is 0 Å². The van der Waals surface area contributed by atoms with Crippen molar-refractivity contribution in [2.45, 2.75) is 46.7 Å².